The van der Waals surface area contributed by atoms with Gasteiger partial charge in [-0.1, -0.05) is 12.1 Å². The van der Waals surface area contributed by atoms with Gasteiger partial charge < -0.3 is 14.4 Å². The zero-order valence-electron chi connectivity index (χ0n) is 13.2. The number of likely N-dealkylation sites (N-methyl/N-ethyl adjacent to an activating group) is 1. The van der Waals surface area contributed by atoms with Crippen LogP contribution in [0.3, 0.4) is 0 Å². The number of hydrogen-bond acceptors (Lipinski definition) is 4. The van der Waals surface area contributed by atoms with Crippen molar-refractivity contribution in [2.45, 2.75) is 24.3 Å². The minimum absolute atomic E-state index is 0. The number of halogens is 1. The van der Waals surface area contributed by atoms with Gasteiger partial charge in [-0.05, 0) is 43.8 Å². The molecule has 1 fully saturated rings. The number of fused-ring (bicyclic) bond motifs is 1. The van der Waals surface area contributed by atoms with Crippen LogP contribution in [-0.4, -0.2) is 44.5 Å². The van der Waals surface area contributed by atoms with E-state index >= 15 is 0 Å². The van der Waals surface area contributed by atoms with Crippen molar-refractivity contribution in [3.63, 3.8) is 0 Å². The number of carbonyl (C=O) groups excluding carboxylic acids is 1. The third-order valence-electron chi connectivity index (χ3n) is 4.89. The predicted octanol–water partition coefficient (Wildman–Crippen LogP) is 2.60. The first kappa shape index (κ1) is 16.8. The molecule has 120 valence electrons. The summed E-state index contributed by atoms with van der Waals surface area (Å²) in [6.07, 6.45) is 5.44. The van der Waals surface area contributed by atoms with Gasteiger partial charge in [-0.2, -0.15) is 0 Å². The number of carbonyl (C=O) groups is 1. The molecule has 0 aromatic heterocycles. The van der Waals surface area contributed by atoms with Crippen LogP contribution in [0, 0.1) is 0 Å². The van der Waals surface area contributed by atoms with Gasteiger partial charge in [0, 0.05) is 17.9 Å². The molecule has 0 unspecified atom stereocenters. The van der Waals surface area contributed by atoms with Crippen LogP contribution in [0.4, 0.5) is 0 Å². The molecule has 0 spiro atoms. The maximum Gasteiger partial charge on any atom is 0.161 e. The molecular formula is C17H22ClNO3. The minimum Gasteiger partial charge on any atom is -0.493 e. The lowest BCUT2D eigenvalue weighted by Crippen LogP contribution is -2.43. The summed E-state index contributed by atoms with van der Waals surface area (Å²) in [5, 5.41) is 0. The molecule has 2 atom stereocenters. The maximum absolute atomic E-state index is 11.8. The van der Waals surface area contributed by atoms with Gasteiger partial charge in [-0.15, -0.1) is 12.4 Å². The Morgan fingerprint density at radius 2 is 1.95 bits per heavy atom. The molecule has 1 aliphatic carbocycles. The van der Waals surface area contributed by atoms with Crippen molar-refractivity contribution in [2.75, 3.05) is 27.8 Å². The predicted molar refractivity (Wildman–Crippen MR) is 88.3 cm³/mol. The lowest BCUT2D eigenvalue weighted by atomic mass is 9.69. The number of ether oxygens (including phenoxy) is 2. The summed E-state index contributed by atoms with van der Waals surface area (Å²) in [4.78, 5) is 14.1. The highest BCUT2D eigenvalue weighted by Gasteiger charge is 2.48. The Morgan fingerprint density at radius 1 is 1.23 bits per heavy atom. The summed E-state index contributed by atoms with van der Waals surface area (Å²) < 4.78 is 10.7. The largest absolute Gasteiger partial charge is 0.493 e. The Kier molecular flexibility index (Phi) is 4.83. The number of nitrogens with zero attached hydrogens (tertiary/aromatic N) is 1. The van der Waals surface area contributed by atoms with Crippen molar-refractivity contribution < 1.29 is 14.3 Å². The van der Waals surface area contributed by atoms with Gasteiger partial charge in [0.1, 0.15) is 0 Å². The number of allylic oxidation sites excluding steroid dienone is 1. The molecule has 4 nitrogen and oxygen atoms in total. The van der Waals surface area contributed by atoms with E-state index in [1.54, 1.807) is 20.3 Å². The minimum atomic E-state index is -0.0950. The van der Waals surface area contributed by atoms with E-state index in [-0.39, 0.29) is 29.6 Å². The fourth-order valence-electron chi connectivity index (χ4n) is 3.67. The molecule has 0 amide bonds. The van der Waals surface area contributed by atoms with Crippen molar-refractivity contribution in [2.24, 2.45) is 0 Å². The fraction of sp³-hybridized carbons (Fsp3) is 0.471. The Hall–Kier alpha value is -1.52. The second-order valence-corrected chi connectivity index (χ2v) is 5.86. The van der Waals surface area contributed by atoms with Crippen molar-refractivity contribution in [1.29, 1.82) is 0 Å². The van der Waals surface area contributed by atoms with Crippen LogP contribution in [0.5, 0.6) is 11.5 Å². The Morgan fingerprint density at radius 3 is 2.64 bits per heavy atom. The molecule has 2 aliphatic rings. The average Bonchev–Trinajstić information content (AvgIpc) is 2.85. The van der Waals surface area contributed by atoms with Gasteiger partial charge in [-0.25, -0.2) is 0 Å². The van der Waals surface area contributed by atoms with Crippen molar-refractivity contribution in [1.82, 2.24) is 4.90 Å². The molecular weight excluding hydrogens is 302 g/mol. The van der Waals surface area contributed by atoms with E-state index in [1.807, 2.05) is 12.1 Å². The number of hydrogen-bond donors (Lipinski definition) is 0. The lowest BCUT2D eigenvalue weighted by molar-refractivity contribution is -0.116. The number of likely N-dealkylation sites (tertiary alicyclic amines) is 1. The third-order valence-corrected chi connectivity index (χ3v) is 4.89. The molecule has 3 rings (SSSR count). The zero-order chi connectivity index (χ0) is 15.0. The Labute approximate surface area is 137 Å². The van der Waals surface area contributed by atoms with Crippen LogP contribution in [0.25, 0.3) is 0 Å². The van der Waals surface area contributed by atoms with Crippen LogP contribution in [0.2, 0.25) is 0 Å². The van der Waals surface area contributed by atoms with Crippen molar-refractivity contribution in [3.05, 3.63) is 35.9 Å². The Bertz CT molecular complexity index is 602. The van der Waals surface area contributed by atoms with Crippen LogP contribution in [-0.2, 0) is 10.2 Å². The van der Waals surface area contributed by atoms with Gasteiger partial charge in [-0.3, -0.25) is 4.79 Å². The molecule has 0 saturated carbocycles. The molecule has 1 aromatic carbocycles. The zero-order valence-corrected chi connectivity index (χ0v) is 14.0. The highest BCUT2D eigenvalue weighted by Crippen LogP contribution is 2.46. The maximum atomic E-state index is 11.8. The first-order valence-corrected chi connectivity index (χ1v) is 7.25. The Balaban J connectivity index is 0.00000176. The molecule has 0 N–H and O–H groups in total. The third kappa shape index (κ3) is 2.50. The van der Waals surface area contributed by atoms with Gasteiger partial charge in [0.2, 0.25) is 0 Å². The van der Waals surface area contributed by atoms with Crippen molar-refractivity contribution in [3.8, 4) is 11.5 Å². The SMILES string of the molecule is COc1ccc([C@@]23C=CC(=O)C[C@@H]2N(C)CC3)cc1OC.Cl. The first-order valence-electron chi connectivity index (χ1n) is 7.25. The quantitative estimate of drug-likeness (QED) is 0.857. The molecule has 0 radical (unpaired) electrons. The average molecular weight is 324 g/mol. The van der Waals surface area contributed by atoms with E-state index in [1.165, 1.54) is 5.56 Å². The second-order valence-electron chi connectivity index (χ2n) is 5.86. The fourth-order valence-corrected chi connectivity index (χ4v) is 3.67. The summed E-state index contributed by atoms with van der Waals surface area (Å²) in [7, 11) is 5.39. The van der Waals surface area contributed by atoms with Gasteiger partial charge >= 0.3 is 0 Å². The summed E-state index contributed by atoms with van der Waals surface area (Å²) in [6.45, 7) is 0.997. The topological polar surface area (TPSA) is 38.8 Å². The monoisotopic (exact) mass is 323 g/mol. The highest BCUT2D eigenvalue weighted by molar-refractivity contribution is 5.92. The summed E-state index contributed by atoms with van der Waals surface area (Å²) in [6, 6.07) is 6.31. The van der Waals surface area contributed by atoms with Crippen LogP contribution < -0.4 is 9.47 Å². The number of methoxy groups -OCH3 is 2. The number of rotatable bonds is 3. The highest BCUT2D eigenvalue weighted by atomic mass is 35.5. The summed E-state index contributed by atoms with van der Waals surface area (Å²) >= 11 is 0. The molecule has 0 bridgehead atoms. The van der Waals surface area contributed by atoms with Crippen LogP contribution >= 0.6 is 12.4 Å². The van der Waals surface area contributed by atoms with E-state index in [0.717, 1.165) is 24.5 Å². The molecule has 1 aliphatic heterocycles. The molecule has 1 aromatic rings. The van der Waals surface area contributed by atoms with E-state index in [4.69, 9.17) is 9.47 Å². The van der Waals surface area contributed by atoms with E-state index in [9.17, 15) is 4.79 Å². The smallest absolute Gasteiger partial charge is 0.161 e. The molecule has 5 heteroatoms. The first-order chi connectivity index (χ1) is 10.1. The van der Waals surface area contributed by atoms with E-state index in [2.05, 4.69) is 24.1 Å². The standard InChI is InChI=1S/C17H21NO3.ClH/c1-18-9-8-17(7-6-13(19)11-16(17)18)12-4-5-14(20-2)15(10-12)21-3;/h4-7,10,16H,8-9,11H2,1-3H3;1H/t16-,17-;/m0./s1. The van der Waals surface area contributed by atoms with Gasteiger partial charge in [0.25, 0.3) is 0 Å². The van der Waals surface area contributed by atoms with Crippen molar-refractivity contribution >= 4 is 18.2 Å². The van der Waals surface area contributed by atoms with Crippen LogP contribution in [0.1, 0.15) is 18.4 Å². The lowest BCUT2D eigenvalue weighted by Gasteiger charge is -2.37. The second kappa shape index (κ2) is 6.31. The van der Waals surface area contributed by atoms with E-state index in [0.29, 0.717) is 6.42 Å². The van der Waals surface area contributed by atoms with Gasteiger partial charge in [0.15, 0.2) is 17.3 Å². The number of ketones is 1. The summed E-state index contributed by atoms with van der Waals surface area (Å²) in [5.74, 6) is 1.68. The normalized spacial score (nSPS) is 27.2. The summed E-state index contributed by atoms with van der Waals surface area (Å²) in [5.41, 5.74) is 1.10. The molecule has 1 heterocycles. The van der Waals surface area contributed by atoms with Crippen LogP contribution in [0.15, 0.2) is 30.4 Å². The molecule has 22 heavy (non-hydrogen) atoms. The van der Waals surface area contributed by atoms with E-state index < -0.39 is 0 Å². The number of benzene rings is 1. The van der Waals surface area contributed by atoms with Gasteiger partial charge in [0.05, 0.1) is 14.2 Å². The molecule has 1 saturated heterocycles.